The highest BCUT2D eigenvalue weighted by atomic mass is 127. The number of rotatable bonds is 2. The predicted molar refractivity (Wildman–Crippen MR) is 42.3 cm³/mol. The smallest absolute Gasteiger partial charge is 0.0370 e. The molecule has 0 aromatic rings. The molecule has 1 atom stereocenters. The molecule has 1 unspecified atom stereocenters. The first-order chi connectivity index (χ1) is 2.81. The second-order valence-corrected chi connectivity index (χ2v) is 3.39. The van der Waals surface area contributed by atoms with Crippen LogP contribution in [0.5, 0.6) is 0 Å². The van der Waals surface area contributed by atoms with Gasteiger partial charge in [0.15, 0.2) is 0 Å². The molecule has 3 heteroatoms. The fourth-order valence-electron chi connectivity index (χ4n) is 0.0412. The zero-order valence-corrected chi connectivity index (χ0v) is 7.62. The van der Waals surface area contributed by atoms with E-state index in [-0.39, 0.29) is 0 Å². The summed E-state index contributed by atoms with van der Waals surface area (Å²) in [5, 5.41) is 0. The van der Waals surface area contributed by atoms with Crippen molar-refractivity contribution < 1.29 is 0 Å². The van der Waals surface area contributed by atoms with Gasteiger partial charge in [-0.25, -0.2) is 0 Å². The van der Waals surface area contributed by atoms with Crippen LogP contribution in [-0.2, 0) is 0 Å². The Bertz CT molecular complexity index is 30.0. The normalized spacial score (nSPS) is 14.5. The standard InChI is InChI=1S/C3H5BrClI/c4-3(1-5)2-6/h3H,1-2H2. The van der Waals surface area contributed by atoms with Gasteiger partial charge in [-0.2, -0.15) is 0 Å². The van der Waals surface area contributed by atoms with Gasteiger partial charge >= 0.3 is 0 Å². The lowest BCUT2D eigenvalue weighted by Crippen LogP contribution is -1.98. The van der Waals surface area contributed by atoms with Crippen molar-refractivity contribution in [2.45, 2.75) is 4.83 Å². The maximum atomic E-state index is 5.40. The van der Waals surface area contributed by atoms with Gasteiger partial charge in [-0.1, -0.05) is 38.5 Å². The Morgan fingerprint density at radius 2 is 2.33 bits per heavy atom. The molecule has 0 aliphatic heterocycles. The zero-order chi connectivity index (χ0) is 4.99. The molecule has 0 bridgehead atoms. The van der Waals surface area contributed by atoms with Crippen LogP contribution in [0.4, 0.5) is 0 Å². The number of hydrogen-bond donors (Lipinski definition) is 0. The van der Waals surface area contributed by atoms with Gasteiger partial charge in [0.1, 0.15) is 0 Å². The molecule has 0 aromatic heterocycles. The van der Waals surface area contributed by atoms with E-state index in [2.05, 4.69) is 38.5 Å². The van der Waals surface area contributed by atoms with Crippen LogP contribution in [0.3, 0.4) is 0 Å². The highest BCUT2D eigenvalue weighted by Gasteiger charge is 1.94. The molecule has 0 N–H and O–H groups in total. The van der Waals surface area contributed by atoms with Crippen molar-refractivity contribution in [3.63, 3.8) is 0 Å². The van der Waals surface area contributed by atoms with E-state index in [9.17, 15) is 0 Å². The molecular weight excluding hydrogens is 278 g/mol. The third-order valence-electron chi connectivity index (χ3n) is 0.335. The van der Waals surface area contributed by atoms with Crippen LogP contribution in [0.2, 0.25) is 0 Å². The monoisotopic (exact) mass is 282 g/mol. The summed E-state index contributed by atoms with van der Waals surface area (Å²) >= 11 is 11.0. The van der Waals surface area contributed by atoms with Crippen LogP contribution in [0.1, 0.15) is 0 Å². The summed E-state index contributed by atoms with van der Waals surface area (Å²) in [6.07, 6.45) is 0. The molecular formula is C3H5BrClI. The summed E-state index contributed by atoms with van der Waals surface area (Å²) in [4.78, 5) is 0.500. The fourth-order valence-corrected chi connectivity index (χ4v) is 0.830. The third-order valence-corrected chi connectivity index (χ3v) is 4.00. The minimum atomic E-state index is 0.500. The summed E-state index contributed by atoms with van der Waals surface area (Å²) in [6.45, 7) is 0. The van der Waals surface area contributed by atoms with Gasteiger partial charge in [0.05, 0.1) is 0 Å². The Balaban J connectivity index is 2.75. The molecule has 0 saturated heterocycles. The van der Waals surface area contributed by atoms with Crippen LogP contribution >= 0.6 is 50.1 Å². The van der Waals surface area contributed by atoms with Crippen molar-refractivity contribution in [1.82, 2.24) is 0 Å². The van der Waals surface area contributed by atoms with Crippen molar-refractivity contribution in [3.8, 4) is 0 Å². The summed E-state index contributed by atoms with van der Waals surface area (Å²) in [6, 6.07) is 0. The molecule has 0 nitrogen and oxygen atoms in total. The highest BCUT2D eigenvalue weighted by molar-refractivity contribution is 14.1. The first-order valence-corrected chi connectivity index (χ1v) is 4.55. The molecule has 0 heterocycles. The van der Waals surface area contributed by atoms with Gasteiger partial charge in [0, 0.05) is 15.1 Å². The van der Waals surface area contributed by atoms with E-state index in [1.165, 1.54) is 0 Å². The van der Waals surface area contributed by atoms with Crippen molar-refractivity contribution in [2.24, 2.45) is 0 Å². The quantitative estimate of drug-likeness (QED) is 0.539. The largest absolute Gasteiger partial charge is 0.125 e. The molecule has 0 saturated carbocycles. The van der Waals surface area contributed by atoms with E-state index in [1.54, 1.807) is 0 Å². The minimum Gasteiger partial charge on any atom is -0.125 e. The summed E-state index contributed by atoms with van der Waals surface area (Å²) in [5.41, 5.74) is 0. The van der Waals surface area contributed by atoms with Crippen LogP contribution in [0, 0.1) is 0 Å². The molecule has 6 heavy (non-hydrogen) atoms. The number of hydrogen-bond acceptors (Lipinski definition) is 0. The maximum Gasteiger partial charge on any atom is 0.0370 e. The van der Waals surface area contributed by atoms with Gasteiger partial charge in [0.25, 0.3) is 0 Å². The van der Waals surface area contributed by atoms with Crippen molar-refractivity contribution >= 4 is 50.1 Å². The second kappa shape index (κ2) is 4.65. The minimum absolute atomic E-state index is 0.500. The van der Waals surface area contributed by atoms with E-state index in [1.807, 2.05) is 0 Å². The Kier molecular flexibility index (Phi) is 5.82. The predicted octanol–water partition coefficient (Wildman–Crippen LogP) is 2.42. The van der Waals surface area contributed by atoms with Gasteiger partial charge in [0.2, 0.25) is 0 Å². The fraction of sp³-hybridized carbons (Fsp3) is 1.00. The van der Waals surface area contributed by atoms with Crippen LogP contribution in [0.15, 0.2) is 0 Å². The van der Waals surface area contributed by atoms with Gasteiger partial charge in [-0.15, -0.1) is 11.6 Å². The second-order valence-electron chi connectivity index (χ2n) is 0.906. The van der Waals surface area contributed by atoms with E-state index >= 15 is 0 Å². The van der Waals surface area contributed by atoms with Crippen LogP contribution < -0.4 is 0 Å². The lowest BCUT2D eigenvalue weighted by Gasteiger charge is -1.93. The topological polar surface area (TPSA) is 0 Å². The van der Waals surface area contributed by atoms with Crippen LogP contribution in [0.25, 0.3) is 0 Å². The van der Waals surface area contributed by atoms with E-state index in [0.717, 1.165) is 4.43 Å². The summed E-state index contributed by atoms with van der Waals surface area (Å²) in [5.74, 6) is 0.711. The molecule has 0 aliphatic carbocycles. The molecule has 0 fully saturated rings. The molecule has 0 spiro atoms. The zero-order valence-electron chi connectivity index (χ0n) is 3.13. The Hall–Kier alpha value is 1.50. The van der Waals surface area contributed by atoms with Crippen LogP contribution in [-0.4, -0.2) is 15.1 Å². The molecule has 0 aliphatic rings. The van der Waals surface area contributed by atoms with Gasteiger partial charge in [-0.3, -0.25) is 0 Å². The average Bonchev–Trinajstić information content (AvgIpc) is 1.65. The number of alkyl halides is 3. The SMILES string of the molecule is ClCC(Br)CI. The van der Waals surface area contributed by atoms with E-state index in [4.69, 9.17) is 11.6 Å². The first-order valence-electron chi connectivity index (χ1n) is 1.57. The van der Waals surface area contributed by atoms with Gasteiger partial charge < -0.3 is 0 Å². The molecule has 0 rings (SSSR count). The molecule has 38 valence electrons. The lowest BCUT2D eigenvalue weighted by molar-refractivity contribution is 1.19. The van der Waals surface area contributed by atoms with E-state index < -0.39 is 0 Å². The summed E-state index contributed by atoms with van der Waals surface area (Å²) in [7, 11) is 0. The Morgan fingerprint density at radius 1 is 1.83 bits per heavy atom. The highest BCUT2D eigenvalue weighted by Crippen LogP contribution is 2.04. The average molecular weight is 283 g/mol. The first kappa shape index (κ1) is 7.50. The number of halogens is 3. The molecule has 0 amide bonds. The summed E-state index contributed by atoms with van der Waals surface area (Å²) < 4.78 is 1.08. The van der Waals surface area contributed by atoms with Crippen molar-refractivity contribution in [1.29, 1.82) is 0 Å². The third kappa shape index (κ3) is 3.68. The van der Waals surface area contributed by atoms with Crippen molar-refractivity contribution in [2.75, 3.05) is 10.3 Å². The lowest BCUT2D eigenvalue weighted by atomic mass is 10.6. The molecule has 0 aromatic carbocycles. The maximum absolute atomic E-state index is 5.40. The van der Waals surface area contributed by atoms with Crippen molar-refractivity contribution in [3.05, 3.63) is 0 Å². The van der Waals surface area contributed by atoms with E-state index in [0.29, 0.717) is 10.7 Å². The Morgan fingerprint density at radius 3 is 2.33 bits per heavy atom. The Labute approximate surface area is 64.9 Å². The molecule has 0 radical (unpaired) electrons. The van der Waals surface area contributed by atoms with Gasteiger partial charge in [-0.05, 0) is 0 Å².